The zero-order chi connectivity index (χ0) is 15.3. The van der Waals surface area contributed by atoms with E-state index < -0.39 is 5.60 Å². The van der Waals surface area contributed by atoms with Crippen molar-refractivity contribution in [1.29, 1.82) is 0 Å². The molecule has 0 radical (unpaired) electrons. The SMILES string of the molecule is CCC(O)(CC)CNCc1csc(-c2cccc(Br)c2)n1. The van der Waals surface area contributed by atoms with Crippen molar-refractivity contribution in [1.82, 2.24) is 10.3 Å². The molecule has 2 N–H and O–H groups in total. The number of nitrogens with zero attached hydrogens (tertiary/aromatic N) is 1. The van der Waals surface area contributed by atoms with E-state index in [1.54, 1.807) is 11.3 Å². The summed E-state index contributed by atoms with van der Waals surface area (Å²) in [6.45, 7) is 5.31. The van der Waals surface area contributed by atoms with Gasteiger partial charge in [-0.2, -0.15) is 0 Å². The van der Waals surface area contributed by atoms with Crippen LogP contribution >= 0.6 is 27.3 Å². The minimum Gasteiger partial charge on any atom is -0.389 e. The molecule has 0 fully saturated rings. The van der Waals surface area contributed by atoms with Crippen molar-refractivity contribution in [3.05, 3.63) is 39.8 Å². The molecule has 2 rings (SSSR count). The van der Waals surface area contributed by atoms with Crippen LogP contribution in [-0.2, 0) is 6.54 Å². The van der Waals surface area contributed by atoms with Gasteiger partial charge >= 0.3 is 0 Å². The van der Waals surface area contributed by atoms with E-state index in [-0.39, 0.29) is 0 Å². The summed E-state index contributed by atoms with van der Waals surface area (Å²) in [6, 6.07) is 8.16. The van der Waals surface area contributed by atoms with Gasteiger partial charge in [0.05, 0.1) is 11.3 Å². The fourth-order valence-corrected chi connectivity index (χ4v) is 3.28. The second-order valence-electron chi connectivity index (χ2n) is 5.19. The predicted octanol–water partition coefficient (Wildman–Crippen LogP) is 4.21. The molecule has 1 heterocycles. The van der Waals surface area contributed by atoms with Gasteiger partial charge in [-0.1, -0.05) is 41.9 Å². The molecule has 1 aromatic carbocycles. The van der Waals surface area contributed by atoms with E-state index >= 15 is 0 Å². The molecule has 0 saturated carbocycles. The lowest BCUT2D eigenvalue weighted by Crippen LogP contribution is -2.39. The van der Waals surface area contributed by atoms with Gasteiger partial charge in [0, 0.05) is 28.5 Å². The van der Waals surface area contributed by atoms with Gasteiger partial charge in [0.2, 0.25) is 0 Å². The first kappa shape index (κ1) is 16.6. The predicted molar refractivity (Wildman–Crippen MR) is 92.5 cm³/mol. The lowest BCUT2D eigenvalue weighted by molar-refractivity contribution is 0.0322. The van der Waals surface area contributed by atoms with Crippen molar-refractivity contribution in [3.8, 4) is 10.6 Å². The summed E-state index contributed by atoms with van der Waals surface area (Å²) in [5.74, 6) is 0. The van der Waals surface area contributed by atoms with Gasteiger partial charge in [-0.25, -0.2) is 4.98 Å². The van der Waals surface area contributed by atoms with Crippen LogP contribution in [0.1, 0.15) is 32.4 Å². The number of benzene rings is 1. The van der Waals surface area contributed by atoms with Crippen molar-refractivity contribution >= 4 is 27.3 Å². The summed E-state index contributed by atoms with van der Waals surface area (Å²) in [4.78, 5) is 4.65. The number of aromatic nitrogens is 1. The number of nitrogens with one attached hydrogen (secondary N) is 1. The normalized spacial score (nSPS) is 11.8. The molecule has 114 valence electrons. The van der Waals surface area contributed by atoms with Crippen LogP contribution in [0.15, 0.2) is 34.1 Å². The summed E-state index contributed by atoms with van der Waals surface area (Å²) in [5.41, 5.74) is 1.53. The molecule has 0 aliphatic carbocycles. The van der Waals surface area contributed by atoms with E-state index in [0.29, 0.717) is 13.1 Å². The van der Waals surface area contributed by atoms with E-state index in [0.717, 1.165) is 33.6 Å². The van der Waals surface area contributed by atoms with E-state index in [1.165, 1.54) is 0 Å². The Hall–Kier alpha value is -0.750. The summed E-state index contributed by atoms with van der Waals surface area (Å²) in [7, 11) is 0. The maximum atomic E-state index is 10.2. The second-order valence-corrected chi connectivity index (χ2v) is 6.96. The van der Waals surface area contributed by atoms with Crippen LogP contribution in [0, 0.1) is 0 Å². The lowest BCUT2D eigenvalue weighted by Gasteiger charge is -2.25. The number of hydrogen-bond donors (Lipinski definition) is 2. The molecule has 0 aliphatic rings. The molecule has 0 amide bonds. The highest BCUT2D eigenvalue weighted by atomic mass is 79.9. The molecular weight excluding hydrogens is 348 g/mol. The van der Waals surface area contributed by atoms with Crippen molar-refractivity contribution in [2.24, 2.45) is 0 Å². The molecule has 3 nitrogen and oxygen atoms in total. The van der Waals surface area contributed by atoms with Crippen molar-refractivity contribution < 1.29 is 5.11 Å². The highest BCUT2D eigenvalue weighted by Gasteiger charge is 2.21. The summed E-state index contributed by atoms with van der Waals surface area (Å²) in [6.07, 6.45) is 1.52. The number of hydrogen-bond acceptors (Lipinski definition) is 4. The van der Waals surface area contributed by atoms with Crippen LogP contribution in [0.25, 0.3) is 10.6 Å². The van der Waals surface area contributed by atoms with Gasteiger partial charge in [-0.05, 0) is 25.0 Å². The molecule has 5 heteroatoms. The zero-order valence-corrected chi connectivity index (χ0v) is 14.8. The van der Waals surface area contributed by atoms with Crippen LogP contribution in [0.4, 0.5) is 0 Å². The van der Waals surface area contributed by atoms with Crippen LogP contribution in [0.3, 0.4) is 0 Å². The molecule has 0 saturated heterocycles. The first-order valence-electron chi connectivity index (χ1n) is 7.20. The van der Waals surface area contributed by atoms with E-state index in [9.17, 15) is 5.11 Å². The highest BCUT2D eigenvalue weighted by Crippen LogP contribution is 2.26. The molecule has 0 spiro atoms. The third-order valence-corrected chi connectivity index (χ3v) is 5.13. The highest BCUT2D eigenvalue weighted by molar-refractivity contribution is 9.10. The standard InChI is InChI=1S/C16H21BrN2OS/c1-3-16(20,4-2)11-18-9-14-10-21-15(19-14)12-6-5-7-13(17)8-12/h5-8,10,18,20H,3-4,9,11H2,1-2H3. The quantitative estimate of drug-likeness (QED) is 0.768. The Labute approximate surface area is 138 Å². The van der Waals surface area contributed by atoms with Crippen LogP contribution in [0.2, 0.25) is 0 Å². The Morgan fingerprint density at radius 2 is 2.10 bits per heavy atom. The fraction of sp³-hybridized carbons (Fsp3) is 0.438. The number of rotatable bonds is 7. The van der Waals surface area contributed by atoms with E-state index in [1.807, 2.05) is 26.0 Å². The molecule has 0 unspecified atom stereocenters. The second kappa shape index (κ2) is 7.49. The monoisotopic (exact) mass is 368 g/mol. The summed E-state index contributed by atoms with van der Waals surface area (Å²) in [5, 5.41) is 16.6. The lowest BCUT2D eigenvalue weighted by atomic mass is 9.98. The van der Waals surface area contributed by atoms with Gasteiger partial charge in [0.15, 0.2) is 0 Å². The first-order chi connectivity index (χ1) is 10.1. The third-order valence-electron chi connectivity index (χ3n) is 3.70. The molecule has 0 atom stereocenters. The minimum absolute atomic E-state index is 0.601. The molecule has 21 heavy (non-hydrogen) atoms. The summed E-state index contributed by atoms with van der Waals surface area (Å²) < 4.78 is 1.06. The Morgan fingerprint density at radius 1 is 1.33 bits per heavy atom. The first-order valence-corrected chi connectivity index (χ1v) is 8.87. The van der Waals surface area contributed by atoms with Gasteiger partial charge in [0.25, 0.3) is 0 Å². The van der Waals surface area contributed by atoms with Gasteiger partial charge in [0.1, 0.15) is 5.01 Å². The minimum atomic E-state index is -0.608. The van der Waals surface area contributed by atoms with E-state index in [2.05, 4.69) is 43.7 Å². The Morgan fingerprint density at radius 3 is 2.76 bits per heavy atom. The van der Waals surface area contributed by atoms with Gasteiger partial charge in [-0.3, -0.25) is 0 Å². The zero-order valence-electron chi connectivity index (χ0n) is 12.4. The van der Waals surface area contributed by atoms with Gasteiger partial charge in [-0.15, -0.1) is 11.3 Å². The van der Waals surface area contributed by atoms with Gasteiger partial charge < -0.3 is 10.4 Å². The van der Waals surface area contributed by atoms with Crippen LogP contribution in [0.5, 0.6) is 0 Å². The topological polar surface area (TPSA) is 45.1 Å². The Balaban J connectivity index is 1.95. The fourth-order valence-electron chi connectivity index (χ4n) is 2.07. The number of thiazole rings is 1. The average molecular weight is 369 g/mol. The number of aliphatic hydroxyl groups is 1. The average Bonchev–Trinajstić information content (AvgIpc) is 2.96. The molecule has 0 bridgehead atoms. The van der Waals surface area contributed by atoms with Crippen molar-refractivity contribution in [2.45, 2.75) is 38.8 Å². The van der Waals surface area contributed by atoms with E-state index in [4.69, 9.17) is 0 Å². The molecule has 2 aromatic rings. The maximum Gasteiger partial charge on any atom is 0.123 e. The molecule has 0 aliphatic heterocycles. The van der Waals surface area contributed by atoms with Crippen molar-refractivity contribution in [2.75, 3.05) is 6.54 Å². The Kier molecular flexibility index (Phi) is 5.93. The smallest absolute Gasteiger partial charge is 0.123 e. The molecular formula is C16H21BrN2OS. The maximum absolute atomic E-state index is 10.2. The van der Waals surface area contributed by atoms with Crippen molar-refractivity contribution in [3.63, 3.8) is 0 Å². The van der Waals surface area contributed by atoms with Crippen LogP contribution < -0.4 is 5.32 Å². The Bertz CT molecular complexity index is 581. The third kappa shape index (κ3) is 4.61. The summed E-state index contributed by atoms with van der Waals surface area (Å²) >= 11 is 5.13. The molecule has 1 aromatic heterocycles. The number of halogens is 1. The van der Waals surface area contributed by atoms with Crippen LogP contribution in [-0.4, -0.2) is 22.2 Å². The largest absolute Gasteiger partial charge is 0.389 e.